The van der Waals surface area contributed by atoms with Gasteiger partial charge < -0.3 is 10.4 Å². The quantitative estimate of drug-likeness (QED) is 0.182. The average molecular weight is 560 g/mol. The number of nitrogens with zero attached hydrogens (tertiary/aromatic N) is 2. The van der Waals surface area contributed by atoms with Crippen molar-refractivity contribution in [3.8, 4) is 16.2 Å². The van der Waals surface area contributed by atoms with Crippen LogP contribution in [0.25, 0.3) is 10.4 Å². The molecule has 0 radical (unpaired) electrons. The van der Waals surface area contributed by atoms with E-state index in [1.807, 2.05) is 12.1 Å². The van der Waals surface area contributed by atoms with E-state index in [9.17, 15) is 14.7 Å². The Bertz CT molecular complexity index is 1430. The summed E-state index contributed by atoms with van der Waals surface area (Å²) in [6, 6.07) is 12.1. The van der Waals surface area contributed by atoms with E-state index in [1.165, 1.54) is 11.3 Å². The van der Waals surface area contributed by atoms with Gasteiger partial charge in [0.25, 0.3) is 11.8 Å². The Hall–Kier alpha value is -3.24. The Morgan fingerprint density at radius 2 is 1.75 bits per heavy atom. The van der Waals surface area contributed by atoms with Crippen LogP contribution >= 0.6 is 45.9 Å². The number of carbonyl (C=O) groups is 2. The molecule has 0 aliphatic carbocycles. The van der Waals surface area contributed by atoms with Gasteiger partial charge in [0, 0.05) is 24.3 Å². The zero-order valence-corrected chi connectivity index (χ0v) is 22.1. The molecule has 11 heteroatoms. The van der Waals surface area contributed by atoms with E-state index in [0.29, 0.717) is 48.9 Å². The molecular weight excluding hydrogens is 539 g/mol. The van der Waals surface area contributed by atoms with Gasteiger partial charge in [-0.3, -0.25) is 14.6 Å². The minimum absolute atomic E-state index is 0.0377. The highest BCUT2D eigenvalue weighted by atomic mass is 35.5. The third-order valence-corrected chi connectivity index (χ3v) is 8.00. The Kier molecular flexibility index (Phi) is 8.37. The largest absolute Gasteiger partial charge is 0.506 e. The van der Waals surface area contributed by atoms with Gasteiger partial charge in [0.05, 0.1) is 36.0 Å². The fourth-order valence-electron chi connectivity index (χ4n) is 3.24. The van der Waals surface area contributed by atoms with E-state index in [2.05, 4.69) is 20.8 Å². The number of aromatic nitrogens is 1. The molecule has 4 rings (SSSR count). The van der Waals surface area contributed by atoms with Crippen molar-refractivity contribution >= 4 is 63.4 Å². The molecule has 0 saturated heterocycles. The second-order valence-electron chi connectivity index (χ2n) is 7.62. The number of rotatable bonds is 8. The molecule has 0 unspecified atom stereocenters. The van der Waals surface area contributed by atoms with Gasteiger partial charge in [-0.05, 0) is 60.9 Å². The minimum Gasteiger partial charge on any atom is -0.506 e. The van der Waals surface area contributed by atoms with E-state index in [0.717, 1.165) is 22.5 Å². The predicted molar refractivity (Wildman–Crippen MR) is 146 cm³/mol. The number of benzene rings is 1. The van der Waals surface area contributed by atoms with Crippen molar-refractivity contribution in [3.63, 3.8) is 0 Å². The van der Waals surface area contributed by atoms with Crippen LogP contribution in [0.5, 0.6) is 5.75 Å². The summed E-state index contributed by atoms with van der Waals surface area (Å²) in [5.74, 6) is -0.656. The smallest absolute Gasteiger partial charge is 0.281 e. The van der Waals surface area contributed by atoms with Crippen LogP contribution in [-0.4, -0.2) is 34.2 Å². The summed E-state index contributed by atoms with van der Waals surface area (Å²) in [5, 5.41) is 20.2. The topological polar surface area (TPSA) is 104 Å². The highest BCUT2D eigenvalue weighted by Gasteiger charge is 2.17. The monoisotopic (exact) mass is 558 g/mol. The highest BCUT2D eigenvalue weighted by Crippen LogP contribution is 2.40. The number of thiophene rings is 2. The van der Waals surface area contributed by atoms with Crippen LogP contribution in [-0.2, 0) is 6.42 Å². The van der Waals surface area contributed by atoms with E-state index in [-0.39, 0.29) is 11.7 Å². The van der Waals surface area contributed by atoms with Crippen molar-refractivity contribution in [2.75, 3.05) is 6.54 Å². The van der Waals surface area contributed by atoms with Gasteiger partial charge in [-0.15, -0.1) is 22.7 Å². The van der Waals surface area contributed by atoms with Crippen molar-refractivity contribution in [2.45, 2.75) is 13.3 Å². The third-order valence-electron chi connectivity index (χ3n) is 5.16. The maximum absolute atomic E-state index is 12.6. The van der Waals surface area contributed by atoms with E-state index >= 15 is 0 Å². The van der Waals surface area contributed by atoms with Crippen molar-refractivity contribution < 1.29 is 14.7 Å². The summed E-state index contributed by atoms with van der Waals surface area (Å²) < 4.78 is 0. The van der Waals surface area contributed by atoms with Crippen LogP contribution in [0.4, 0.5) is 0 Å². The molecule has 2 amide bonds. The van der Waals surface area contributed by atoms with Crippen LogP contribution in [0.1, 0.15) is 37.4 Å². The number of hydrogen-bond acceptors (Lipinski definition) is 7. The standard InChI is InChI=1S/C25H20Cl2N4O3S2/c1-14(17-13-35-23(22(17)32)16-2-3-18(26)19(27)12-16)30-31-25(34)21-5-4-20(36-21)24(33)29-11-8-15-6-9-28-10-7-15/h2-7,9-10,12-13,32H,8,11H2,1H3,(H,29,33)(H,31,34)/b30-14-. The number of amides is 2. The molecule has 184 valence electrons. The average Bonchev–Trinajstić information content (AvgIpc) is 3.52. The zero-order valence-electron chi connectivity index (χ0n) is 18.9. The first kappa shape index (κ1) is 25.8. The third kappa shape index (κ3) is 6.11. The number of halogens is 2. The molecule has 4 aromatic rings. The molecule has 3 aromatic heterocycles. The van der Waals surface area contributed by atoms with Gasteiger partial charge in [-0.2, -0.15) is 5.10 Å². The van der Waals surface area contributed by atoms with Crippen molar-refractivity contribution in [1.29, 1.82) is 0 Å². The molecule has 36 heavy (non-hydrogen) atoms. The first-order valence-electron chi connectivity index (χ1n) is 10.7. The molecular formula is C25H20Cl2N4O3S2. The first-order valence-corrected chi connectivity index (χ1v) is 13.2. The van der Waals surface area contributed by atoms with Gasteiger partial charge in [-0.25, -0.2) is 5.43 Å². The predicted octanol–water partition coefficient (Wildman–Crippen LogP) is 6.01. The molecule has 0 spiro atoms. The SMILES string of the molecule is C/C(=N/NC(=O)c1ccc(C(=O)NCCc2ccncc2)s1)c1csc(-c2ccc(Cl)c(Cl)c2)c1O. The molecule has 0 fully saturated rings. The van der Waals surface area contributed by atoms with Crippen molar-refractivity contribution in [1.82, 2.24) is 15.7 Å². The number of hydrogen-bond donors (Lipinski definition) is 3. The Morgan fingerprint density at radius 1 is 1.03 bits per heavy atom. The molecule has 0 saturated carbocycles. The fourth-order valence-corrected chi connectivity index (χ4v) is 5.35. The van der Waals surface area contributed by atoms with Gasteiger partial charge in [0.1, 0.15) is 5.75 Å². The van der Waals surface area contributed by atoms with Gasteiger partial charge in [-0.1, -0.05) is 29.3 Å². The molecule has 3 N–H and O–H groups in total. The highest BCUT2D eigenvalue weighted by molar-refractivity contribution is 7.16. The number of pyridine rings is 1. The molecule has 0 aliphatic heterocycles. The molecule has 0 aliphatic rings. The lowest BCUT2D eigenvalue weighted by molar-refractivity contribution is 0.0951. The summed E-state index contributed by atoms with van der Waals surface area (Å²) in [4.78, 5) is 30.3. The lowest BCUT2D eigenvalue weighted by Gasteiger charge is -2.04. The van der Waals surface area contributed by atoms with Crippen LogP contribution < -0.4 is 10.7 Å². The normalized spacial score (nSPS) is 11.4. The number of aromatic hydroxyl groups is 1. The second kappa shape index (κ2) is 11.7. The summed E-state index contributed by atoms with van der Waals surface area (Å²) in [5.41, 5.74) is 5.19. The number of nitrogens with one attached hydrogen (secondary N) is 2. The summed E-state index contributed by atoms with van der Waals surface area (Å²) in [6.07, 6.45) is 4.10. The van der Waals surface area contributed by atoms with Gasteiger partial charge in [0.15, 0.2) is 0 Å². The van der Waals surface area contributed by atoms with Crippen molar-refractivity contribution in [2.24, 2.45) is 5.10 Å². The van der Waals surface area contributed by atoms with Crippen LogP contribution in [0.2, 0.25) is 10.0 Å². The maximum atomic E-state index is 12.6. The van der Waals surface area contributed by atoms with Gasteiger partial charge in [0.2, 0.25) is 0 Å². The molecule has 3 heterocycles. The van der Waals surface area contributed by atoms with Crippen molar-refractivity contribution in [3.05, 3.63) is 91.2 Å². The number of hydrazone groups is 1. The molecule has 1 aromatic carbocycles. The lowest BCUT2D eigenvalue weighted by Crippen LogP contribution is -2.24. The minimum atomic E-state index is -0.449. The Balaban J connectivity index is 1.36. The van der Waals surface area contributed by atoms with E-state index in [1.54, 1.807) is 55.0 Å². The Labute approximate surface area is 225 Å². The van der Waals surface area contributed by atoms with Crippen LogP contribution in [0.15, 0.2) is 65.3 Å². The molecule has 0 bridgehead atoms. The summed E-state index contributed by atoms with van der Waals surface area (Å²) in [7, 11) is 0. The van der Waals surface area contributed by atoms with Gasteiger partial charge >= 0.3 is 0 Å². The lowest BCUT2D eigenvalue weighted by atomic mass is 10.1. The maximum Gasteiger partial charge on any atom is 0.281 e. The Morgan fingerprint density at radius 3 is 2.47 bits per heavy atom. The summed E-state index contributed by atoms with van der Waals surface area (Å²) >= 11 is 14.5. The molecule has 7 nitrogen and oxygen atoms in total. The van der Waals surface area contributed by atoms with E-state index in [4.69, 9.17) is 23.2 Å². The van der Waals surface area contributed by atoms with Crippen LogP contribution in [0, 0.1) is 0 Å². The number of carbonyl (C=O) groups excluding carboxylic acids is 2. The zero-order chi connectivity index (χ0) is 25.7. The second-order valence-corrected chi connectivity index (χ2v) is 10.4. The van der Waals surface area contributed by atoms with E-state index < -0.39 is 5.91 Å². The van der Waals surface area contributed by atoms with Crippen LogP contribution in [0.3, 0.4) is 0 Å². The first-order chi connectivity index (χ1) is 17.3. The fraction of sp³-hybridized carbons (Fsp3) is 0.120. The molecule has 0 atom stereocenters. The summed E-state index contributed by atoms with van der Waals surface area (Å²) in [6.45, 7) is 2.15.